The van der Waals surface area contributed by atoms with E-state index in [-0.39, 0.29) is 27.5 Å². The Morgan fingerprint density at radius 2 is 1.65 bits per heavy atom. The van der Waals surface area contributed by atoms with Crippen molar-refractivity contribution in [2.24, 2.45) is 57.2 Å². The van der Waals surface area contributed by atoms with Crippen molar-refractivity contribution in [2.75, 3.05) is 32.4 Å². The second-order valence-corrected chi connectivity index (χ2v) is 23.0. The van der Waals surface area contributed by atoms with Crippen LogP contribution in [0.1, 0.15) is 138 Å². The van der Waals surface area contributed by atoms with Crippen LogP contribution in [0.4, 0.5) is 0 Å². The predicted molar refractivity (Wildman–Crippen MR) is 213 cm³/mol. The first-order valence-electron chi connectivity index (χ1n) is 21.3. The van der Waals surface area contributed by atoms with Crippen molar-refractivity contribution < 1.29 is 18.3 Å². The number of likely N-dealkylation sites (tertiary alicyclic amines) is 1. The molecule has 5 fully saturated rings. The molecule has 6 nitrogen and oxygen atoms in total. The van der Waals surface area contributed by atoms with Gasteiger partial charge in [0, 0.05) is 31.3 Å². The number of nitrogens with one attached hydrogen (secondary N) is 1. The number of allylic oxidation sites excluding steroid dienone is 5. The second-order valence-electron chi connectivity index (χ2n) is 20.7. The van der Waals surface area contributed by atoms with Crippen molar-refractivity contribution in [1.29, 1.82) is 0 Å². The van der Waals surface area contributed by atoms with Gasteiger partial charge in [-0.05, 0) is 178 Å². The minimum atomic E-state index is -2.94. The molecule has 6 aliphatic carbocycles. The summed E-state index contributed by atoms with van der Waals surface area (Å²) < 4.78 is 24.3. The number of aliphatic carboxylic acids is 1. The Balaban J connectivity index is 1.10. The molecule has 0 bridgehead atoms. The molecule has 0 amide bonds. The molecular weight excluding hydrogens is 665 g/mol. The number of hydrogen-bond acceptors (Lipinski definition) is 5. The van der Waals surface area contributed by atoms with Gasteiger partial charge in [0.2, 0.25) is 0 Å². The molecule has 0 radical (unpaired) electrons. The van der Waals surface area contributed by atoms with E-state index in [1.165, 1.54) is 75.2 Å². The Labute approximate surface area is 317 Å². The van der Waals surface area contributed by atoms with Gasteiger partial charge >= 0.3 is 5.97 Å². The zero-order chi connectivity index (χ0) is 37.5. The Kier molecular flexibility index (Phi) is 10.2. The van der Waals surface area contributed by atoms with Crippen molar-refractivity contribution >= 4 is 15.8 Å². The maximum atomic E-state index is 12.1. The Bertz CT molecular complexity index is 1590. The third-order valence-electron chi connectivity index (χ3n) is 18.0. The lowest BCUT2D eigenvalue weighted by Crippen LogP contribution is -2.68. The normalized spacial score (nSPS) is 43.7. The summed E-state index contributed by atoms with van der Waals surface area (Å²) in [4.78, 5) is 13.9. The van der Waals surface area contributed by atoms with Crippen LogP contribution >= 0.6 is 0 Å². The summed E-state index contributed by atoms with van der Waals surface area (Å²) in [6.07, 6.45) is 22.8. The van der Waals surface area contributed by atoms with Crippen LogP contribution in [0.2, 0.25) is 0 Å². The molecule has 7 aliphatic rings. The van der Waals surface area contributed by atoms with Gasteiger partial charge in [-0.1, -0.05) is 58.9 Å². The zero-order valence-electron chi connectivity index (χ0n) is 33.9. The van der Waals surface area contributed by atoms with Crippen LogP contribution in [0, 0.1) is 57.2 Å². The molecule has 52 heavy (non-hydrogen) atoms. The number of sulfone groups is 1. The standard InChI is InChI=1S/C45H72N2O4S/c1-30(2)34-15-22-45(46-25-28-47-26-18-33(19-27-47)52(8,50)51)24-23-43(6)36(40(34)45)13-14-38-42(5)20-16-35(32-11-9-31(10-12-32)29-39(48)49)41(3,4)37(42)17-21-44(38,43)7/h11,16,31,33-34,36-38,40,46H,1,9-10,12-15,17-29H2,2-8H3,(H,48,49)/t31?,34-,36+,37-,38+,40+,42-,43+,44+,45-/m0/s1. The van der Waals surface area contributed by atoms with Crippen molar-refractivity contribution in [3.05, 3.63) is 35.5 Å². The molecule has 1 saturated heterocycles. The van der Waals surface area contributed by atoms with E-state index in [0.29, 0.717) is 40.9 Å². The number of carboxylic acids is 1. The number of hydrogen-bond donors (Lipinski definition) is 2. The van der Waals surface area contributed by atoms with Crippen LogP contribution < -0.4 is 5.32 Å². The third-order valence-corrected chi connectivity index (χ3v) is 19.7. The molecule has 0 spiro atoms. The van der Waals surface area contributed by atoms with Crippen molar-refractivity contribution in [3.8, 4) is 0 Å². The highest BCUT2D eigenvalue weighted by atomic mass is 32.2. The van der Waals surface area contributed by atoms with Crippen LogP contribution in [0.5, 0.6) is 0 Å². The van der Waals surface area contributed by atoms with E-state index in [2.05, 4.69) is 70.5 Å². The first-order valence-corrected chi connectivity index (χ1v) is 23.2. The maximum absolute atomic E-state index is 12.1. The second kappa shape index (κ2) is 13.6. The van der Waals surface area contributed by atoms with Crippen LogP contribution in [0.3, 0.4) is 0 Å². The molecule has 4 saturated carbocycles. The minimum absolute atomic E-state index is 0.125. The lowest BCUT2D eigenvalue weighted by Gasteiger charge is -2.72. The van der Waals surface area contributed by atoms with Gasteiger partial charge in [-0.3, -0.25) is 4.79 Å². The fourth-order valence-electron chi connectivity index (χ4n) is 15.2. The number of nitrogens with zero attached hydrogens (tertiary/aromatic N) is 1. The van der Waals surface area contributed by atoms with Gasteiger partial charge in [-0.2, -0.15) is 0 Å². The van der Waals surface area contributed by atoms with E-state index in [4.69, 9.17) is 0 Å². The molecular formula is C45H72N2O4S. The molecule has 292 valence electrons. The van der Waals surface area contributed by atoms with Crippen LogP contribution in [-0.2, 0) is 14.6 Å². The van der Waals surface area contributed by atoms with Gasteiger partial charge in [0.25, 0.3) is 0 Å². The average molecular weight is 737 g/mol. The van der Waals surface area contributed by atoms with Crippen LogP contribution in [0.15, 0.2) is 35.5 Å². The van der Waals surface area contributed by atoms with Gasteiger partial charge in [0.15, 0.2) is 0 Å². The number of fused-ring (bicyclic) bond motifs is 7. The highest BCUT2D eigenvalue weighted by Gasteiger charge is 2.70. The van der Waals surface area contributed by atoms with E-state index < -0.39 is 15.8 Å². The Hall–Kier alpha value is -1.44. The lowest BCUT2D eigenvalue weighted by atomic mass is 9.33. The molecule has 1 unspecified atom stereocenters. The van der Waals surface area contributed by atoms with Crippen molar-refractivity contribution in [3.63, 3.8) is 0 Å². The average Bonchev–Trinajstić information content (AvgIpc) is 3.45. The van der Waals surface area contributed by atoms with E-state index in [9.17, 15) is 18.3 Å². The van der Waals surface area contributed by atoms with Gasteiger partial charge < -0.3 is 15.3 Å². The fourth-order valence-corrected chi connectivity index (χ4v) is 16.3. The summed E-state index contributed by atoms with van der Waals surface area (Å²) in [5, 5.41) is 13.5. The van der Waals surface area contributed by atoms with Gasteiger partial charge in [-0.25, -0.2) is 8.42 Å². The molecule has 0 aromatic heterocycles. The maximum Gasteiger partial charge on any atom is 0.303 e. The van der Waals surface area contributed by atoms with Crippen LogP contribution in [0.25, 0.3) is 0 Å². The van der Waals surface area contributed by atoms with E-state index in [0.717, 1.165) is 64.2 Å². The highest BCUT2D eigenvalue weighted by Crippen LogP contribution is 2.76. The van der Waals surface area contributed by atoms with Crippen LogP contribution in [-0.4, -0.2) is 67.6 Å². The molecule has 7 rings (SSSR count). The van der Waals surface area contributed by atoms with Gasteiger partial charge in [0.05, 0.1) is 5.25 Å². The lowest BCUT2D eigenvalue weighted by molar-refractivity contribution is -0.221. The third kappa shape index (κ3) is 6.25. The summed E-state index contributed by atoms with van der Waals surface area (Å²) in [7, 11) is -2.94. The SMILES string of the molecule is C=C(C)[C@@H]1CC[C@]2(NCCN3CCC(S(C)(=O)=O)CC3)CC[C@]3(C)[C@H](CC[C@@H]4[C@@]5(C)CC=C(C6=CCC(CC(=O)O)CC6)C(C)(C)[C@@H]5CC[C@]43C)[C@@H]12. The summed E-state index contributed by atoms with van der Waals surface area (Å²) in [5.74, 6) is 2.94. The van der Waals surface area contributed by atoms with Gasteiger partial charge in [-0.15, -0.1) is 0 Å². The Morgan fingerprint density at radius 3 is 2.29 bits per heavy atom. The molecule has 1 heterocycles. The molecule has 1 aliphatic heterocycles. The van der Waals surface area contributed by atoms with E-state index in [1.54, 1.807) is 5.57 Å². The number of carboxylic acid groups (broad SMARTS) is 1. The summed E-state index contributed by atoms with van der Waals surface area (Å²) in [6.45, 7) is 24.0. The minimum Gasteiger partial charge on any atom is -0.481 e. The van der Waals surface area contributed by atoms with Crippen molar-refractivity contribution in [2.45, 2.75) is 149 Å². The largest absolute Gasteiger partial charge is 0.481 e. The first-order chi connectivity index (χ1) is 24.4. The molecule has 7 heteroatoms. The van der Waals surface area contributed by atoms with Crippen molar-refractivity contribution in [1.82, 2.24) is 10.2 Å². The van der Waals surface area contributed by atoms with E-state index in [1.807, 2.05) is 0 Å². The molecule has 0 aromatic rings. The molecule has 2 N–H and O–H groups in total. The monoisotopic (exact) mass is 737 g/mol. The Morgan fingerprint density at radius 1 is 0.923 bits per heavy atom. The number of carbonyl (C=O) groups is 1. The highest BCUT2D eigenvalue weighted by molar-refractivity contribution is 7.91. The quantitative estimate of drug-likeness (QED) is 0.230. The fraction of sp³-hybridized carbons (Fsp3) is 0.844. The smallest absolute Gasteiger partial charge is 0.303 e. The van der Waals surface area contributed by atoms with Gasteiger partial charge in [0.1, 0.15) is 9.84 Å². The summed E-state index contributed by atoms with van der Waals surface area (Å²) in [5.41, 5.74) is 5.71. The number of piperidine rings is 1. The van der Waals surface area contributed by atoms with E-state index >= 15 is 0 Å². The molecule has 0 aromatic carbocycles. The summed E-state index contributed by atoms with van der Waals surface area (Å²) in [6, 6.07) is 0. The predicted octanol–water partition coefficient (Wildman–Crippen LogP) is 9.23. The number of rotatable bonds is 9. The molecule has 10 atom stereocenters. The topological polar surface area (TPSA) is 86.7 Å². The zero-order valence-corrected chi connectivity index (χ0v) is 34.7. The first kappa shape index (κ1) is 38.8. The summed E-state index contributed by atoms with van der Waals surface area (Å²) >= 11 is 0.